The molecule has 3 rings (SSSR count). The van der Waals surface area contributed by atoms with Gasteiger partial charge in [0.25, 0.3) is 0 Å². The van der Waals surface area contributed by atoms with Crippen LogP contribution < -0.4 is 16.0 Å². The number of hydrogen-bond donors (Lipinski definition) is 2. The van der Waals surface area contributed by atoms with Crippen molar-refractivity contribution in [3.05, 3.63) is 99.5 Å². The molecule has 1 aromatic heterocycles. The molecule has 0 aliphatic rings. The van der Waals surface area contributed by atoms with Gasteiger partial charge in [-0.2, -0.15) is 0 Å². The summed E-state index contributed by atoms with van der Waals surface area (Å²) in [5.41, 5.74) is -2.47. The van der Waals surface area contributed by atoms with E-state index in [9.17, 15) is 24.1 Å². The summed E-state index contributed by atoms with van der Waals surface area (Å²) in [6, 6.07) is 9.21. The fourth-order valence-electron chi connectivity index (χ4n) is 2.57. The lowest BCUT2D eigenvalue weighted by molar-refractivity contribution is -0.386. The number of nitrogens with zero attached hydrogens (tertiary/aromatic N) is 1. The van der Waals surface area contributed by atoms with E-state index >= 15 is 0 Å². The van der Waals surface area contributed by atoms with Crippen LogP contribution in [0.5, 0.6) is 5.75 Å². The molecule has 0 amide bonds. The summed E-state index contributed by atoms with van der Waals surface area (Å²) in [6.45, 7) is -0.157. The third kappa shape index (κ3) is 4.84. The normalized spacial score (nSPS) is 11.0. The molecule has 0 atom stereocenters. The van der Waals surface area contributed by atoms with Gasteiger partial charge in [0, 0.05) is 15.6 Å². The van der Waals surface area contributed by atoms with Crippen LogP contribution in [0.2, 0.25) is 5.02 Å². The van der Waals surface area contributed by atoms with Crippen molar-refractivity contribution in [2.45, 2.75) is 6.61 Å². The van der Waals surface area contributed by atoms with Crippen molar-refractivity contribution in [3.63, 3.8) is 0 Å². The van der Waals surface area contributed by atoms with Gasteiger partial charge in [0.05, 0.1) is 9.95 Å². The maximum Gasteiger partial charge on any atom is 0.357 e. The second-order valence-corrected chi connectivity index (χ2v) is 7.25. The highest BCUT2D eigenvalue weighted by atomic mass is 79.9. The molecule has 8 nitrogen and oxygen atoms in total. The highest BCUT2D eigenvalue weighted by Gasteiger charge is 2.19. The zero-order valence-electron chi connectivity index (χ0n) is 14.9. The van der Waals surface area contributed by atoms with E-state index in [1.165, 1.54) is 30.4 Å². The number of H-pyrrole nitrogens is 2. The third-order valence-electron chi connectivity index (χ3n) is 3.96. The van der Waals surface area contributed by atoms with E-state index in [0.717, 1.165) is 0 Å². The molecule has 0 saturated carbocycles. The minimum absolute atomic E-state index is 0.157. The van der Waals surface area contributed by atoms with Crippen molar-refractivity contribution in [1.29, 1.82) is 0 Å². The topological polar surface area (TPSA) is 118 Å². The van der Waals surface area contributed by atoms with Gasteiger partial charge in [-0.15, -0.1) is 0 Å². The lowest BCUT2D eigenvalue weighted by Gasteiger charge is -2.11. The molecule has 3 aromatic rings. The molecule has 30 heavy (non-hydrogen) atoms. The van der Waals surface area contributed by atoms with Gasteiger partial charge in [0.1, 0.15) is 23.9 Å². The zero-order chi connectivity index (χ0) is 21.8. The van der Waals surface area contributed by atoms with E-state index in [4.69, 9.17) is 16.3 Å². The molecular formula is C19H12BrClFN3O5. The summed E-state index contributed by atoms with van der Waals surface area (Å²) in [7, 11) is 0. The summed E-state index contributed by atoms with van der Waals surface area (Å²) in [5, 5.41) is 11.4. The molecule has 1 heterocycles. The lowest BCUT2D eigenvalue weighted by atomic mass is 10.1. The molecule has 0 aliphatic heterocycles. The van der Waals surface area contributed by atoms with Gasteiger partial charge >= 0.3 is 16.9 Å². The maximum atomic E-state index is 14.0. The number of ether oxygens (including phenoxy) is 1. The summed E-state index contributed by atoms with van der Waals surface area (Å²) in [4.78, 5) is 37.5. The van der Waals surface area contributed by atoms with E-state index in [0.29, 0.717) is 15.8 Å². The number of halogens is 3. The van der Waals surface area contributed by atoms with E-state index < -0.39 is 27.7 Å². The molecule has 2 aromatic carbocycles. The maximum absolute atomic E-state index is 14.0. The van der Waals surface area contributed by atoms with Gasteiger partial charge in [0.15, 0.2) is 0 Å². The molecule has 154 valence electrons. The Morgan fingerprint density at radius 3 is 2.67 bits per heavy atom. The van der Waals surface area contributed by atoms with Crippen molar-refractivity contribution >= 4 is 45.4 Å². The van der Waals surface area contributed by atoms with Crippen LogP contribution >= 0.6 is 27.5 Å². The Bertz CT molecular complexity index is 1250. The molecule has 11 heteroatoms. The van der Waals surface area contributed by atoms with Crippen LogP contribution in [0.3, 0.4) is 0 Å². The highest BCUT2D eigenvalue weighted by Crippen LogP contribution is 2.28. The number of hydrogen-bond acceptors (Lipinski definition) is 5. The number of rotatable bonds is 6. The summed E-state index contributed by atoms with van der Waals surface area (Å²) in [5.74, 6) is -0.197. The summed E-state index contributed by atoms with van der Waals surface area (Å²) < 4.78 is 20.3. The molecule has 2 N–H and O–H groups in total. The first-order chi connectivity index (χ1) is 14.3. The van der Waals surface area contributed by atoms with Crippen molar-refractivity contribution < 1.29 is 14.1 Å². The average molecular weight is 497 g/mol. The number of aromatic nitrogens is 2. The second-order valence-electron chi connectivity index (χ2n) is 5.93. The van der Waals surface area contributed by atoms with Gasteiger partial charge in [0.2, 0.25) is 0 Å². The molecule has 0 aliphatic carbocycles. The van der Waals surface area contributed by atoms with Crippen LogP contribution in [0.15, 0.2) is 50.5 Å². The van der Waals surface area contributed by atoms with E-state index in [2.05, 4.69) is 20.9 Å². The average Bonchev–Trinajstić information content (AvgIpc) is 2.66. The van der Waals surface area contributed by atoms with Crippen LogP contribution in [0, 0.1) is 15.9 Å². The van der Waals surface area contributed by atoms with Gasteiger partial charge < -0.3 is 9.72 Å². The number of aromatic amines is 2. The van der Waals surface area contributed by atoms with Crippen molar-refractivity contribution in [2.75, 3.05) is 0 Å². The van der Waals surface area contributed by atoms with Crippen LogP contribution in [-0.4, -0.2) is 14.9 Å². The Hall–Kier alpha value is -3.24. The Labute approximate surface area is 181 Å². The number of nitrogens with one attached hydrogen (secondary N) is 2. The van der Waals surface area contributed by atoms with Gasteiger partial charge in [-0.3, -0.25) is 19.9 Å². The molecule has 0 fully saturated rings. The minimum Gasteiger partial charge on any atom is -0.488 e. The number of nitro groups is 1. The second kappa shape index (κ2) is 9.06. The van der Waals surface area contributed by atoms with Crippen LogP contribution in [0.25, 0.3) is 12.2 Å². The Morgan fingerprint density at radius 1 is 1.20 bits per heavy atom. The summed E-state index contributed by atoms with van der Waals surface area (Å²) >= 11 is 9.32. The quantitative estimate of drug-likeness (QED) is 0.390. The Kier molecular flexibility index (Phi) is 6.48. The molecule has 0 unspecified atom stereocenters. The first kappa shape index (κ1) is 21.5. The van der Waals surface area contributed by atoms with Crippen molar-refractivity contribution in [3.8, 4) is 5.75 Å². The predicted octanol–water partition coefficient (Wildman–Crippen LogP) is 4.28. The molecule has 0 spiro atoms. The Morgan fingerprint density at radius 2 is 1.97 bits per heavy atom. The van der Waals surface area contributed by atoms with E-state index in [1.54, 1.807) is 23.2 Å². The van der Waals surface area contributed by atoms with E-state index in [1.807, 2.05) is 0 Å². The van der Waals surface area contributed by atoms with Crippen molar-refractivity contribution in [1.82, 2.24) is 9.97 Å². The first-order valence-electron chi connectivity index (χ1n) is 8.30. The monoisotopic (exact) mass is 495 g/mol. The van der Waals surface area contributed by atoms with Crippen LogP contribution in [0.4, 0.5) is 10.1 Å². The standard InChI is InChI=1S/C19H12BrClFN3O5/c20-11-5-7-16(30-9-12-13(21)2-1-3-14(12)22)10(8-11)4-6-15-17(25(28)29)18(26)24-19(27)23-15/h1-8H,9H2,(H2,23,24,26,27)/b6-4+. The zero-order valence-corrected chi connectivity index (χ0v) is 17.3. The van der Waals surface area contributed by atoms with Crippen LogP contribution in [-0.2, 0) is 6.61 Å². The fourth-order valence-corrected chi connectivity index (χ4v) is 3.17. The third-order valence-corrected chi connectivity index (χ3v) is 4.81. The predicted molar refractivity (Wildman–Crippen MR) is 113 cm³/mol. The first-order valence-corrected chi connectivity index (χ1v) is 9.47. The molecule has 0 saturated heterocycles. The van der Waals surface area contributed by atoms with Gasteiger partial charge in [-0.1, -0.05) is 33.6 Å². The fraction of sp³-hybridized carbons (Fsp3) is 0.0526. The lowest BCUT2D eigenvalue weighted by Crippen LogP contribution is -2.25. The summed E-state index contributed by atoms with van der Waals surface area (Å²) in [6.07, 6.45) is 2.63. The van der Waals surface area contributed by atoms with Gasteiger partial charge in [-0.05, 0) is 42.5 Å². The highest BCUT2D eigenvalue weighted by molar-refractivity contribution is 9.10. The molecule has 0 radical (unpaired) electrons. The Balaban J connectivity index is 1.96. The van der Waals surface area contributed by atoms with Gasteiger partial charge in [-0.25, -0.2) is 9.18 Å². The smallest absolute Gasteiger partial charge is 0.357 e. The molecular weight excluding hydrogens is 485 g/mol. The van der Waals surface area contributed by atoms with Crippen molar-refractivity contribution in [2.24, 2.45) is 0 Å². The largest absolute Gasteiger partial charge is 0.488 e. The van der Waals surface area contributed by atoms with Crippen LogP contribution in [0.1, 0.15) is 16.8 Å². The minimum atomic E-state index is -1.12. The number of benzene rings is 2. The molecule has 0 bridgehead atoms. The SMILES string of the molecule is O=c1[nH]c(/C=C/c2cc(Br)ccc2OCc2c(F)cccc2Cl)c([N+](=O)[O-])c(=O)[nH]1. The van der Waals surface area contributed by atoms with E-state index in [-0.39, 0.29) is 22.9 Å².